The van der Waals surface area contributed by atoms with Crippen molar-refractivity contribution in [1.29, 1.82) is 0 Å². The molecule has 3 aromatic carbocycles. The predicted molar refractivity (Wildman–Crippen MR) is 205 cm³/mol. The molecule has 5 aromatic rings. The number of carboxylic acid groups (broad SMARTS) is 1. The van der Waals surface area contributed by atoms with Crippen LogP contribution in [0.15, 0.2) is 142 Å². The zero-order valence-corrected chi connectivity index (χ0v) is 31.0. The normalized spacial score (nSPS) is 18.4. The van der Waals surface area contributed by atoms with Crippen LogP contribution in [0.25, 0.3) is 0 Å². The van der Waals surface area contributed by atoms with Crippen molar-refractivity contribution in [2.75, 3.05) is 23.9 Å². The van der Waals surface area contributed by atoms with Crippen molar-refractivity contribution in [3.63, 3.8) is 0 Å². The number of β-lactam (4-membered cyclic amide) rings is 1. The number of hydrogen-bond acceptors (Lipinski definition) is 11. The van der Waals surface area contributed by atoms with E-state index in [1.807, 2.05) is 91.0 Å². The number of aliphatic carboxylic acids is 1. The molecule has 0 saturated carbocycles. The molecule has 4 heterocycles. The molecule has 0 radical (unpaired) electrons. The number of benzene rings is 3. The van der Waals surface area contributed by atoms with Crippen LogP contribution in [0.3, 0.4) is 0 Å². The van der Waals surface area contributed by atoms with Crippen LogP contribution in [-0.4, -0.2) is 72.7 Å². The number of fused-ring (bicyclic) bond motifs is 1. The summed E-state index contributed by atoms with van der Waals surface area (Å²) in [5, 5.41) is 33.0. The minimum Gasteiger partial charge on any atom is -0.619 e. The third-order valence-electron chi connectivity index (χ3n) is 8.91. The molecule has 0 aliphatic carbocycles. The Morgan fingerprint density at radius 2 is 1.65 bits per heavy atom. The first kappa shape index (κ1) is 36.5. The predicted octanol–water partition coefficient (Wildman–Crippen LogP) is 4.08. The van der Waals surface area contributed by atoms with E-state index in [1.165, 1.54) is 42.6 Å². The van der Waals surface area contributed by atoms with Crippen LogP contribution in [0.4, 0.5) is 5.13 Å². The molecule has 1 fully saturated rings. The summed E-state index contributed by atoms with van der Waals surface area (Å²) in [4.78, 5) is 51.0. The smallest absolute Gasteiger partial charge is 0.352 e. The molecule has 3 atom stereocenters. The molecular weight excluding hydrogens is 749 g/mol. The molecule has 2 aliphatic heterocycles. The fourth-order valence-corrected chi connectivity index (χ4v) is 10.0. The number of carbonyl (C=O) groups is 3. The van der Waals surface area contributed by atoms with Crippen molar-refractivity contribution in [3.05, 3.63) is 160 Å². The van der Waals surface area contributed by atoms with E-state index in [0.29, 0.717) is 14.8 Å². The van der Waals surface area contributed by atoms with Crippen LogP contribution >= 0.6 is 23.1 Å². The third kappa shape index (κ3) is 6.98. The number of pyridine rings is 1. The summed E-state index contributed by atoms with van der Waals surface area (Å²) in [6.07, 6.45) is 2.65. The third-order valence-corrected chi connectivity index (χ3v) is 12.4. The van der Waals surface area contributed by atoms with Gasteiger partial charge in [-0.1, -0.05) is 96.2 Å². The zero-order valence-electron chi connectivity index (χ0n) is 28.5. The molecule has 274 valence electrons. The molecule has 13 nitrogen and oxygen atoms in total. The number of thioether (sulfide) groups is 1. The number of nitrogens with zero attached hydrogens (tertiary/aromatic N) is 4. The van der Waals surface area contributed by atoms with Crippen molar-refractivity contribution in [3.8, 4) is 0 Å². The zero-order chi connectivity index (χ0) is 37.8. The summed E-state index contributed by atoms with van der Waals surface area (Å²) in [6, 6.07) is 31.7. The second kappa shape index (κ2) is 15.6. The van der Waals surface area contributed by atoms with Gasteiger partial charge in [0.1, 0.15) is 35.5 Å². The minimum atomic E-state index is -1.75. The number of amides is 2. The van der Waals surface area contributed by atoms with Gasteiger partial charge in [0.2, 0.25) is 0 Å². The fourth-order valence-electron chi connectivity index (χ4n) is 6.54. The molecule has 1 saturated heterocycles. The average molecular weight is 781 g/mol. The van der Waals surface area contributed by atoms with Crippen LogP contribution in [0, 0.1) is 5.21 Å². The number of anilines is 1. The quantitative estimate of drug-likeness (QED) is 0.0300. The van der Waals surface area contributed by atoms with E-state index in [9.17, 15) is 28.9 Å². The van der Waals surface area contributed by atoms with Gasteiger partial charge in [-0.05, 0) is 28.3 Å². The molecule has 16 heteroatoms. The number of rotatable bonds is 13. The van der Waals surface area contributed by atoms with Gasteiger partial charge in [0.15, 0.2) is 23.2 Å². The Balaban J connectivity index is 1.14. The standard InChI is InChI=1S/C38H32N6O7S3/c1-51-42-30(33(45)40-31-34(46)44-32(36(47)48)24(23-54(50)35(31)44)21-52-28-18-11-19-43(49)20-28)29-22-53-37(39-29)41-38(25-12-5-2-6-13-25,26-14-7-3-8-15-26)27-16-9-4-10-17-27/h2-20,22,31,35H,21,23H2,1H3,(H,39,41)(H,40,45)(H,47,48)/b42-30-/t31-,35-,54?/m1/s1. The van der Waals surface area contributed by atoms with E-state index < -0.39 is 45.5 Å². The van der Waals surface area contributed by atoms with Crippen LogP contribution in [0.5, 0.6) is 0 Å². The Kier molecular flexibility index (Phi) is 10.6. The van der Waals surface area contributed by atoms with Crippen LogP contribution in [-0.2, 0) is 35.6 Å². The van der Waals surface area contributed by atoms with Gasteiger partial charge in [0.05, 0.1) is 21.4 Å². The Bertz CT molecular complexity index is 2190. The first-order valence-corrected chi connectivity index (χ1v) is 19.8. The molecule has 1 unspecified atom stereocenters. The van der Waals surface area contributed by atoms with Gasteiger partial charge in [0, 0.05) is 17.2 Å². The number of carbonyl (C=O) groups excluding carboxylic acids is 2. The van der Waals surface area contributed by atoms with Crippen LogP contribution in [0.1, 0.15) is 22.4 Å². The van der Waals surface area contributed by atoms with Crippen LogP contribution in [0.2, 0.25) is 0 Å². The van der Waals surface area contributed by atoms with Crippen molar-refractivity contribution in [1.82, 2.24) is 15.2 Å². The fraction of sp³-hybridized carbons (Fsp3) is 0.158. The number of carboxylic acids is 1. The summed E-state index contributed by atoms with van der Waals surface area (Å²) in [7, 11) is -0.485. The number of nitrogens with one attached hydrogen (secondary N) is 2. The second-order valence-electron chi connectivity index (χ2n) is 12.2. The highest BCUT2D eigenvalue weighted by atomic mass is 32.2. The molecule has 2 aliphatic rings. The maximum absolute atomic E-state index is 13.8. The highest BCUT2D eigenvalue weighted by Gasteiger charge is 2.57. The average Bonchev–Trinajstić information content (AvgIpc) is 3.65. The summed E-state index contributed by atoms with van der Waals surface area (Å²) in [6.45, 7) is 0. The molecule has 3 N–H and O–H groups in total. The second-order valence-corrected chi connectivity index (χ2v) is 15.6. The van der Waals surface area contributed by atoms with Gasteiger partial charge in [0.25, 0.3) is 11.8 Å². The Labute approximate surface area is 320 Å². The summed E-state index contributed by atoms with van der Waals surface area (Å²) >= 11 is 2.43. The van der Waals surface area contributed by atoms with E-state index in [0.717, 1.165) is 21.6 Å². The summed E-state index contributed by atoms with van der Waals surface area (Å²) in [5.41, 5.74) is 1.87. The highest BCUT2D eigenvalue weighted by Crippen LogP contribution is 2.41. The van der Waals surface area contributed by atoms with Crippen LogP contribution < -0.4 is 15.4 Å². The topological polar surface area (TPSA) is 177 Å². The highest BCUT2D eigenvalue weighted by molar-refractivity contribution is 7.99. The Morgan fingerprint density at radius 3 is 2.20 bits per heavy atom. The van der Waals surface area contributed by atoms with E-state index in [4.69, 9.17) is 9.82 Å². The van der Waals surface area contributed by atoms with E-state index in [2.05, 4.69) is 15.8 Å². The van der Waals surface area contributed by atoms with Crippen molar-refractivity contribution < 1.29 is 33.3 Å². The molecule has 2 amide bonds. The van der Waals surface area contributed by atoms with Crippen molar-refractivity contribution >= 4 is 62.5 Å². The van der Waals surface area contributed by atoms with E-state index in [1.54, 1.807) is 17.5 Å². The summed E-state index contributed by atoms with van der Waals surface area (Å²) < 4.78 is 14.1. The maximum Gasteiger partial charge on any atom is 0.352 e. The molecule has 54 heavy (non-hydrogen) atoms. The first-order chi connectivity index (χ1) is 26.2. The number of oxime groups is 1. The molecule has 0 spiro atoms. The first-order valence-electron chi connectivity index (χ1n) is 16.5. The lowest BCUT2D eigenvalue weighted by atomic mass is 9.77. The maximum atomic E-state index is 13.8. The monoisotopic (exact) mass is 780 g/mol. The van der Waals surface area contributed by atoms with Gasteiger partial charge in [-0.3, -0.25) is 18.7 Å². The lowest BCUT2D eigenvalue weighted by Crippen LogP contribution is -2.74. The minimum absolute atomic E-state index is 0.0931. The molecular formula is C38H32N6O7S3. The van der Waals surface area contributed by atoms with Crippen molar-refractivity contribution in [2.45, 2.75) is 21.9 Å². The number of aromatic nitrogens is 2. The Morgan fingerprint density at radius 1 is 1.04 bits per heavy atom. The van der Waals surface area contributed by atoms with Crippen molar-refractivity contribution in [2.24, 2.45) is 5.16 Å². The molecule has 7 rings (SSSR count). The van der Waals surface area contributed by atoms with Gasteiger partial charge in [-0.2, -0.15) is 4.73 Å². The largest absolute Gasteiger partial charge is 0.619 e. The van der Waals surface area contributed by atoms with E-state index in [-0.39, 0.29) is 34.2 Å². The van der Waals surface area contributed by atoms with E-state index >= 15 is 0 Å². The van der Waals surface area contributed by atoms with Gasteiger partial charge in [-0.15, -0.1) is 23.1 Å². The molecule has 0 bridgehead atoms. The van der Waals surface area contributed by atoms with Gasteiger partial charge < -0.3 is 25.8 Å². The van der Waals surface area contributed by atoms with Gasteiger partial charge >= 0.3 is 5.97 Å². The summed E-state index contributed by atoms with van der Waals surface area (Å²) in [5.74, 6) is -2.95. The number of thiazole rings is 1. The number of hydrogen-bond donors (Lipinski definition) is 3. The van der Waals surface area contributed by atoms with Gasteiger partial charge in [-0.25, -0.2) is 9.78 Å². The Hall–Kier alpha value is -5.84. The lowest BCUT2D eigenvalue weighted by Gasteiger charge is -2.49. The SMILES string of the molecule is CO/N=C(\C(=O)N[C@@H]1C(=O)N2C(C(=O)O)=C(CSc3ccc[n+]([O-])c3)CS(=O)[C@H]12)c1csc(NC(c2ccccc2)(c2ccccc2)c2ccccc2)n1. The molecule has 2 aromatic heterocycles. The lowest BCUT2D eigenvalue weighted by molar-refractivity contribution is -0.607.